The molecule has 18 heavy (non-hydrogen) atoms. The van der Waals surface area contributed by atoms with E-state index >= 15 is 0 Å². The van der Waals surface area contributed by atoms with Gasteiger partial charge in [0.2, 0.25) is 0 Å². The Bertz CT molecular complexity index is 699. The van der Waals surface area contributed by atoms with Crippen LogP contribution in [0.25, 0.3) is 22.4 Å². The number of benzene rings is 2. The molecule has 0 aliphatic rings. The highest BCUT2D eigenvalue weighted by Crippen LogP contribution is 2.25. The molecule has 3 aromatic rings. The van der Waals surface area contributed by atoms with Crippen LogP contribution in [0.15, 0.2) is 48.5 Å². The molecule has 0 saturated heterocycles. The molecule has 2 aromatic carbocycles. The van der Waals surface area contributed by atoms with Gasteiger partial charge in [0, 0.05) is 5.69 Å². The van der Waals surface area contributed by atoms with Crippen LogP contribution in [0, 0.1) is 0 Å². The molecular formula is C15H12N2S. The lowest BCUT2D eigenvalue weighted by molar-refractivity contribution is 1.46. The Morgan fingerprint density at radius 1 is 1.00 bits per heavy atom. The molecule has 0 atom stereocenters. The van der Waals surface area contributed by atoms with Crippen LogP contribution in [0.2, 0.25) is 0 Å². The van der Waals surface area contributed by atoms with Gasteiger partial charge in [-0.25, -0.2) is 4.98 Å². The number of fused-ring (bicyclic) bond motifs is 1. The van der Waals surface area contributed by atoms with Crippen LogP contribution < -0.4 is 5.73 Å². The summed E-state index contributed by atoms with van der Waals surface area (Å²) in [5.74, 6) is 0. The molecular weight excluding hydrogens is 240 g/mol. The molecule has 0 radical (unpaired) electrons. The fourth-order valence-electron chi connectivity index (χ4n) is 1.77. The molecule has 2 nitrogen and oxygen atoms in total. The monoisotopic (exact) mass is 252 g/mol. The Kier molecular flexibility index (Phi) is 2.82. The van der Waals surface area contributed by atoms with Gasteiger partial charge in [-0.15, -0.1) is 11.3 Å². The molecule has 1 heterocycles. The molecule has 0 amide bonds. The van der Waals surface area contributed by atoms with Crippen LogP contribution in [0.1, 0.15) is 10.6 Å². The maximum Gasteiger partial charge on any atom is 0.117 e. The standard InChI is InChI=1S/C15H12N2S/c16-12-7-8-14-13(10-12)17-15(18-14)9-6-11-4-2-1-3-5-11/h1-10H,16H2/b9-6+. The largest absolute Gasteiger partial charge is 0.399 e. The van der Waals surface area contributed by atoms with Gasteiger partial charge in [-0.2, -0.15) is 0 Å². The normalized spacial score (nSPS) is 11.3. The summed E-state index contributed by atoms with van der Waals surface area (Å²) in [6.45, 7) is 0. The summed E-state index contributed by atoms with van der Waals surface area (Å²) in [7, 11) is 0. The minimum atomic E-state index is 0.756. The Morgan fingerprint density at radius 2 is 1.83 bits per heavy atom. The van der Waals surface area contributed by atoms with E-state index in [-0.39, 0.29) is 0 Å². The first-order valence-corrected chi connectivity index (χ1v) is 6.52. The van der Waals surface area contributed by atoms with Gasteiger partial charge in [0.05, 0.1) is 10.2 Å². The molecule has 3 rings (SSSR count). The molecule has 0 saturated carbocycles. The van der Waals surface area contributed by atoms with Crippen LogP contribution in [-0.2, 0) is 0 Å². The zero-order valence-corrected chi connectivity index (χ0v) is 10.5. The van der Waals surface area contributed by atoms with E-state index in [1.165, 1.54) is 5.56 Å². The van der Waals surface area contributed by atoms with Gasteiger partial charge < -0.3 is 5.73 Å². The molecule has 0 aliphatic heterocycles. The first kappa shape index (κ1) is 11.0. The molecule has 3 heteroatoms. The SMILES string of the molecule is Nc1ccc2sc(/C=C/c3ccccc3)nc2c1. The van der Waals surface area contributed by atoms with E-state index in [1.54, 1.807) is 11.3 Å². The Morgan fingerprint density at radius 3 is 2.67 bits per heavy atom. The van der Waals surface area contributed by atoms with E-state index in [2.05, 4.69) is 23.2 Å². The minimum absolute atomic E-state index is 0.756. The molecule has 0 fully saturated rings. The molecule has 0 spiro atoms. The van der Waals surface area contributed by atoms with Gasteiger partial charge in [0.1, 0.15) is 5.01 Å². The van der Waals surface area contributed by atoms with Gasteiger partial charge in [0.25, 0.3) is 0 Å². The average Bonchev–Trinajstić information content (AvgIpc) is 2.79. The van der Waals surface area contributed by atoms with Crippen molar-refractivity contribution in [2.45, 2.75) is 0 Å². The first-order chi connectivity index (χ1) is 8.81. The maximum atomic E-state index is 5.74. The van der Waals surface area contributed by atoms with Crippen molar-refractivity contribution in [2.75, 3.05) is 5.73 Å². The van der Waals surface area contributed by atoms with Gasteiger partial charge in [-0.1, -0.05) is 36.4 Å². The molecule has 0 unspecified atom stereocenters. The quantitative estimate of drug-likeness (QED) is 0.699. The van der Waals surface area contributed by atoms with Crippen molar-refractivity contribution in [1.29, 1.82) is 0 Å². The van der Waals surface area contributed by atoms with Crippen molar-refractivity contribution in [1.82, 2.24) is 4.98 Å². The van der Waals surface area contributed by atoms with Crippen molar-refractivity contribution in [3.05, 3.63) is 59.1 Å². The maximum absolute atomic E-state index is 5.74. The van der Waals surface area contributed by atoms with Gasteiger partial charge in [-0.05, 0) is 29.8 Å². The van der Waals surface area contributed by atoms with E-state index < -0.39 is 0 Å². The summed E-state index contributed by atoms with van der Waals surface area (Å²) in [4.78, 5) is 4.54. The summed E-state index contributed by atoms with van der Waals surface area (Å²) >= 11 is 1.67. The fourth-order valence-corrected chi connectivity index (χ4v) is 2.62. The highest BCUT2D eigenvalue weighted by molar-refractivity contribution is 7.19. The van der Waals surface area contributed by atoms with Crippen LogP contribution in [0.3, 0.4) is 0 Å². The Hall–Kier alpha value is -2.13. The lowest BCUT2D eigenvalue weighted by Crippen LogP contribution is -1.82. The van der Waals surface area contributed by atoms with Crippen LogP contribution in [-0.4, -0.2) is 4.98 Å². The third-order valence-corrected chi connectivity index (χ3v) is 3.65. The van der Waals surface area contributed by atoms with Crippen molar-refractivity contribution in [3.63, 3.8) is 0 Å². The van der Waals surface area contributed by atoms with E-state index in [9.17, 15) is 0 Å². The highest BCUT2D eigenvalue weighted by atomic mass is 32.1. The number of nitrogens with two attached hydrogens (primary N) is 1. The number of aromatic nitrogens is 1. The van der Waals surface area contributed by atoms with Gasteiger partial charge in [0.15, 0.2) is 0 Å². The van der Waals surface area contributed by atoms with Crippen molar-refractivity contribution in [3.8, 4) is 0 Å². The smallest absolute Gasteiger partial charge is 0.117 e. The zero-order valence-electron chi connectivity index (χ0n) is 9.71. The number of nitrogens with zero attached hydrogens (tertiary/aromatic N) is 1. The molecule has 0 bridgehead atoms. The predicted molar refractivity (Wildman–Crippen MR) is 79.4 cm³/mol. The van der Waals surface area contributed by atoms with Crippen LogP contribution in [0.5, 0.6) is 0 Å². The van der Waals surface area contributed by atoms with Gasteiger partial charge in [-0.3, -0.25) is 0 Å². The summed E-state index contributed by atoms with van der Waals surface area (Å²) in [6, 6.07) is 16.0. The second kappa shape index (κ2) is 4.63. The van der Waals surface area contributed by atoms with E-state index in [1.807, 2.05) is 42.5 Å². The summed E-state index contributed by atoms with van der Waals surface area (Å²) in [5.41, 5.74) is 8.64. The number of hydrogen-bond donors (Lipinski definition) is 1. The summed E-state index contributed by atoms with van der Waals surface area (Å²) in [6.07, 6.45) is 4.11. The molecule has 0 aliphatic carbocycles. The number of rotatable bonds is 2. The summed E-state index contributed by atoms with van der Waals surface area (Å²) < 4.78 is 1.16. The molecule has 88 valence electrons. The van der Waals surface area contributed by atoms with Crippen LogP contribution in [0.4, 0.5) is 5.69 Å². The third kappa shape index (κ3) is 2.26. The van der Waals surface area contributed by atoms with E-state index in [4.69, 9.17) is 5.73 Å². The molecule has 1 aromatic heterocycles. The fraction of sp³-hybridized carbons (Fsp3) is 0. The van der Waals surface area contributed by atoms with Gasteiger partial charge >= 0.3 is 0 Å². The van der Waals surface area contributed by atoms with Crippen LogP contribution >= 0.6 is 11.3 Å². The predicted octanol–water partition coefficient (Wildman–Crippen LogP) is 4.05. The first-order valence-electron chi connectivity index (χ1n) is 5.70. The second-order valence-electron chi connectivity index (χ2n) is 4.02. The molecule has 2 N–H and O–H groups in total. The van der Waals surface area contributed by atoms with E-state index in [0.717, 1.165) is 20.9 Å². The zero-order chi connectivity index (χ0) is 12.4. The Labute approximate surface area is 109 Å². The second-order valence-corrected chi connectivity index (χ2v) is 5.09. The van der Waals surface area contributed by atoms with Crippen molar-refractivity contribution < 1.29 is 0 Å². The topological polar surface area (TPSA) is 38.9 Å². The number of nitrogen functional groups attached to an aromatic ring is 1. The number of anilines is 1. The highest BCUT2D eigenvalue weighted by Gasteiger charge is 2.01. The lowest BCUT2D eigenvalue weighted by atomic mass is 10.2. The lowest BCUT2D eigenvalue weighted by Gasteiger charge is -1.89. The van der Waals surface area contributed by atoms with Crippen molar-refractivity contribution in [2.24, 2.45) is 0 Å². The van der Waals surface area contributed by atoms with E-state index in [0.29, 0.717) is 0 Å². The number of thiazole rings is 1. The Balaban J connectivity index is 1.93. The number of hydrogen-bond acceptors (Lipinski definition) is 3. The third-order valence-electron chi connectivity index (χ3n) is 2.65. The summed E-state index contributed by atoms with van der Waals surface area (Å²) in [5, 5.41) is 0.999. The van der Waals surface area contributed by atoms with Crippen molar-refractivity contribution >= 4 is 39.4 Å². The average molecular weight is 252 g/mol. The minimum Gasteiger partial charge on any atom is -0.399 e.